The number of carbonyl (C=O) groups excluding carboxylic acids is 1. The number of thiazole rings is 1. The Morgan fingerprint density at radius 1 is 1.64 bits per heavy atom. The summed E-state index contributed by atoms with van der Waals surface area (Å²) in [5.74, 6) is -0.119. The van der Waals surface area contributed by atoms with E-state index in [4.69, 9.17) is 10.5 Å². The second kappa shape index (κ2) is 7.36. The first-order valence-corrected chi connectivity index (χ1v) is 9.60. The number of nitrogens with two attached hydrogens (primary N) is 1. The Morgan fingerprint density at radius 3 is 3.05 bits per heavy atom. The summed E-state index contributed by atoms with van der Waals surface area (Å²) in [6, 6.07) is 0. The second-order valence-electron chi connectivity index (χ2n) is 5.09. The summed E-state index contributed by atoms with van der Waals surface area (Å²) >= 11 is 1.35. The normalized spacial score (nSPS) is 20.0. The highest BCUT2D eigenvalue weighted by Crippen LogP contribution is 2.12. The summed E-state index contributed by atoms with van der Waals surface area (Å²) in [7, 11) is -3.22. The lowest BCUT2D eigenvalue weighted by atomic mass is 10.2. The van der Waals surface area contributed by atoms with Crippen LogP contribution in [0.1, 0.15) is 12.1 Å². The summed E-state index contributed by atoms with van der Waals surface area (Å²) < 4.78 is 29.8. The molecule has 10 heteroatoms. The fourth-order valence-corrected chi connectivity index (χ4v) is 3.55. The molecule has 1 atom stereocenters. The van der Waals surface area contributed by atoms with Gasteiger partial charge in [-0.05, 0) is 6.42 Å². The quantitative estimate of drug-likeness (QED) is 0.712. The molecular weight excluding hydrogens is 328 g/mol. The van der Waals surface area contributed by atoms with Crippen LogP contribution < -0.4 is 11.1 Å². The zero-order valence-corrected chi connectivity index (χ0v) is 14.0. The number of hydrogen-bond donors (Lipinski definition) is 2. The molecule has 0 aromatic carbocycles. The standard InChI is InChI=1S/C12H20N4O4S2/c1-22(18,19)16-4-5-20-10(7-16)6-14-11(17)3-2-9-8-21-12(13)15-9/h8,10H,2-7H2,1H3,(H2,13,15)(H,14,17)/t10-/m0/s1. The van der Waals surface area contributed by atoms with E-state index < -0.39 is 10.0 Å². The van der Waals surface area contributed by atoms with Crippen molar-refractivity contribution in [3.8, 4) is 0 Å². The topological polar surface area (TPSA) is 115 Å². The highest BCUT2D eigenvalue weighted by Gasteiger charge is 2.26. The van der Waals surface area contributed by atoms with Gasteiger partial charge in [0.25, 0.3) is 0 Å². The molecule has 22 heavy (non-hydrogen) atoms. The van der Waals surface area contributed by atoms with Crippen molar-refractivity contribution >= 4 is 32.4 Å². The lowest BCUT2D eigenvalue weighted by molar-refractivity contribution is -0.122. The van der Waals surface area contributed by atoms with Gasteiger partial charge in [-0.15, -0.1) is 11.3 Å². The second-order valence-corrected chi connectivity index (χ2v) is 7.97. The molecule has 0 saturated carbocycles. The van der Waals surface area contributed by atoms with Gasteiger partial charge in [0.2, 0.25) is 15.9 Å². The molecular formula is C12H20N4O4S2. The zero-order chi connectivity index (χ0) is 16.2. The van der Waals surface area contributed by atoms with Crippen LogP contribution >= 0.6 is 11.3 Å². The van der Waals surface area contributed by atoms with Crippen molar-refractivity contribution in [1.82, 2.24) is 14.6 Å². The molecule has 1 aliphatic heterocycles. The molecule has 0 radical (unpaired) electrons. The molecule has 1 aromatic heterocycles. The van der Waals surface area contributed by atoms with Gasteiger partial charge in [-0.2, -0.15) is 4.31 Å². The predicted octanol–water partition coefficient (Wildman–Crippen LogP) is -0.565. The third kappa shape index (κ3) is 5.20. The lowest BCUT2D eigenvalue weighted by Crippen LogP contribution is -2.49. The highest BCUT2D eigenvalue weighted by atomic mass is 32.2. The molecule has 1 aliphatic rings. The summed E-state index contributed by atoms with van der Waals surface area (Å²) in [4.78, 5) is 15.9. The number of carbonyl (C=O) groups is 1. The first-order chi connectivity index (χ1) is 10.3. The summed E-state index contributed by atoms with van der Waals surface area (Å²) in [6.07, 6.45) is 1.70. The third-order valence-electron chi connectivity index (χ3n) is 3.28. The number of amides is 1. The largest absolute Gasteiger partial charge is 0.375 e. The minimum atomic E-state index is -3.22. The van der Waals surface area contributed by atoms with Crippen molar-refractivity contribution in [1.29, 1.82) is 0 Å². The molecule has 1 fully saturated rings. The van der Waals surface area contributed by atoms with Crippen LogP contribution in [0.3, 0.4) is 0 Å². The number of morpholine rings is 1. The van der Waals surface area contributed by atoms with Gasteiger partial charge in [0.05, 0.1) is 24.7 Å². The fraction of sp³-hybridized carbons (Fsp3) is 0.667. The molecule has 0 spiro atoms. The third-order valence-corrected chi connectivity index (χ3v) is 5.27. The van der Waals surface area contributed by atoms with Gasteiger partial charge >= 0.3 is 0 Å². The van der Waals surface area contributed by atoms with Gasteiger partial charge in [-0.3, -0.25) is 4.79 Å². The number of ether oxygens (including phenoxy) is 1. The van der Waals surface area contributed by atoms with E-state index in [-0.39, 0.29) is 18.6 Å². The van der Waals surface area contributed by atoms with Crippen LogP contribution in [0.2, 0.25) is 0 Å². The van der Waals surface area contributed by atoms with E-state index in [0.29, 0.717) is 37.7 Å². The number of nitrogens with one attached hydrogen (secondary N) is 1. The predicted molar refractivity (Wildman–Crippen MR) is 84.0 cm³/mol. The van der Waals surface area contributed by atoms with E-state index in [1.807, 2.05) is 5.38 Å². The van der Waals surface area contributed by atoms with Crippen LogP contribution in [0, 0.1) is 0 Å². The molecule has 124 valence electrons. The lowest BCUT2D eigenvalue weighted by Gasteiger charge is -2.31. The zero-order valence-electron chi connectivity index (χ0n) is 12.3. The van der Waals surface area contributed by atoms with Crippen molar-refractivity contribution in [3.63, 3.8) is 0 Å². The number of nitrogen functional groups attached to an aromatic ring is 1. The summed E-state index contributed by atoms with van der Waals surface area (Å²) in [5.41, 5.74) is 6.33. The molecule has 0 aliphatic carbocycles. The molecule has 0 unspecified atom stereocenters. The molecule has 3 N–H and O–H groups in total. The van der Waals surface area contributed by atoms with Gasteiger partial charge in [0, 0.05) is 31.4 Å². The summed E-state index contributed by atoms with van der Waals surface area (Å²) in [6.45, 7) is 1.26. The monoisotopic (exact) mass is 348 g/mol. The number of aromatic nitrogens is 1. The van der Waals surface area contributed by atoms with E-state index in [0.717, 1.165) is 5.69 Å². The number of sulfonamides is 1. The average molecular weight is 348 g/mol. The van der Waals surface area contributed by atoms with Gasteiger partial charge < -0.3 is 15.8 Å². The number of hydrogen-bond acceptors (Lipinski definition) is 7. The Hall–Kier alpha value is -1.23. The minimum Gasteiger partial charge on any atom is -0.375 e. The molecule has 0 bridgehead atoms. The van der Waals surface area contributed by atoms with Crippen molar-refractivity contribution < 1.29 is 17.9 Å². The van der Waals surface area contributed by atoms with Crippen molar-refractivity contribution in [3.05, 3.63) is 11.1 Å². The summed E-state index contributed by atoms with van der Waals surface area (Å²) in [5, 5.41) is 5.08. The van der Waals surface area contributed by atoms with E-state index in [9.17, 15) is 13.2 Å². The van der Waals surface area contributed by atoms with Crippen molar-refractivity contribution in [2.24, 2.45) is 0 Å². The highest BCUT2D eigenvalue weighted by molar-refractivity contribution is 7.88. The van der Waals surface area contributed by atoms with E-state index in [1.165, 1.54) is 21.9 Å². The fourth-order valence-electron chi connectivity index (χ4n) is 2.11. The van der Waals surface area contributed by atoms with Crippen LogP contribution in [-0.4, -0.2) is 62.2 Å². The molecule has 1 saturated heterocycles. The van der Waals surface area contributed by atoms with Crippen LogP contribution in [0.4, 0.5) is 5.13 Å². The van der Waals surface area contributed by atoms with Gasteiger partial charge in [0.1, 0.15) is 0 Å². The number of aryl methyl sites for hydroxylation is 1. The van der Waals surface area contributed by atoms with Crippen LogP contribution in [0.25, 0.3) is 0 Å². The first-order valence-electron chi connectivity index (χ1n) is 6.88. The maximum Gasteiger partial charge on any atom is 0.220 e. The van der Waals surface area contributed by atoms with E-state index >= 15 is 0 Å². The van der Waals surface area contributed by atoms with Crippen molar-refractivity contribution in [2.75, 3.05) is 38.2 Å². The average Bonchev–Trinajstić information content (AvgIpc) is 2.88. The maximum atomic E-state index is 11.8. The SMILES string of the molecule is CS(=O)(=O)N1CCO[C@@H](CNC(=O)CCc2csc(N)n2)C1. The molecule has 1 amide bonds. The minimum absolute atomic E-state index is 0.119. The molecule has 8 nitrogen and oxygen atoms in total. The number of nitrogens with zero attached hydrogens (tertiary/aromatic N) is 2. The smallest absolute Gasteiger partial charge is 0.220 e. The number of anilines is 1. The Kier molecular flexibility index (Phi) is 5.73. The first kappa shape index (κ1) is 17.1. The Labute approximate surface area is 133 Å². The van der Waals surface area contributed by atoms with E-state index in [1.54, 1.807) is 0 Å². The van der Waals surface area contributed by atoms with Crippen LogP contribution in [-0.2, 0) is 26.0 Å². The Bertz CT molecular complexity index is 616. The maximum absolute atomic E-state index is 11.8. The van der Waals surface area contributed by atoms with Crippen LogP contribution in [0.15, 0.2) is 5.38 Å². The van der Waals surface area contributed by atoms with Gasteiger partial charge in [-0.25, -0.2) is 13.4 Å². The van der Waals surface area contributed by atoms with Crippen molar-refractivity contribution in [2.45, 2.75) is 18.9 Å². The molecule has 2 rings (SSSR count). The number of rotatable bonds is 6. The molecule has 1 aromatic rings. The Balaban J connectivity index is 1.71. The van der Waals surface area contributed by atoms with Crippen LogP contribution in [0.5, 0.6) is 0 Å². The van der Waals surface area contributed by atoms with E-state index in [2.05, 4.69) is 10.3 Å². The molecule has 2 heterocycles. The Morgan fingerprint density at radius 2 is 2.41 bits per heavy atom. The van der Waals surface area contributed by atoms with Gasteiger partial charge in [-0.1, -0.05) is 0 Å². The van der Waals surface area contributed by atoms with Gasteiger partial charge in [0.15, 0.2) is 5.13 Å².